The van der Waals surface area contributed by atoms with Gasteiger partial charge in [0.05, 0.1) is 18.1 Å². The maximum Gasteiger partial charge on any atom is 0.237 e. The fourth-order valence-corrected chi connectivity index (χ4v) is 4.91. The lowest BCUT2D eigenvalue weighted by Gasteiger charge is -2.33. The molecule has 0 aliphatic carbocycles. The minimum Gasteiger partial charge on any atom is -0.338 e. The van der Waals surface area contributed by atoms with E-state index in [-0.39, 0.29) is 41.9 Å². The number of carbonyl (C=O) groups excluding carboxylic acids is 1. The smallest absolute Gasteiger partial charge is 0.237 e. The number of amides is 1. The van der Waals surface area contributed by atoms with E-state index in [1.165, 1.54) is 0 Å². The Morgan fingerprint density at radius 3 is 2.62 bits per heavy atom. The molecule has 0 radical (unpaired) electrons. The van der Waals surface area contributed by atoms with Crippen molar-refractivity contribution in [1.29, 1.82) is 0 Å². The van der Waals surface area contributed by atoms with Crippen molar-refractivity contribution in [2.24, 2.45) is 5.73 Å². The number of likely N-dealkylation sites (N-methyl/N-ethyl adjacent to an activating group) is 1. The normalized spacial score (nSPS) is 28.9. The minimum absolute atomic E-state index is 0. The third kappa shape index (κ3) is 5.09. The topological polar surface area (TPSA) is 83.7 Å². The molecule has 2 atom stereocenters. The van der Waals surface area contributed by atoms with Crippen LogP contribution >= 0.6 is 12.4 Å². The first-order valence-corrected chi connectivity index (χ1v) is 9.21. The van der Waals surface area contributed by atoms with Crippen molar-refractivity contribution in [2.45, 2.75) is 38.3 Å². The van der Waals surface area contributed by atoms with Gasteiger partial charge in [0, 0.05) is 25.2 Å². The fourth-order valence-electron chi connectivity index (χ4n) is 3.18. The van der Waals surface area contributed by atoms with Crippen molar-refractivity contribution < 1.29 is 13.2 Å². The Balaban J connectivity index is 0.00000220. The van der Waals surface area contributed by atoms with Crippen LogP contribution in [0.5, 0.6) is 0 Å². The summed E-state index contributed by atoms with van der Waals surface area (Å²) >= 11 is 0. The number of likely N-dealkylation sites (tertiary alicyclic amines) is 1. The van der Waals surface area contributed by atoms with Crippen LogP contribution in [-0.2, 0) is 14.6 Å². The zero-order chi connectivity index (χ0) is 14.8. The van der Waals surface area contributed by atoms with E-state index in [1.807, 2.05) is 6.92 Å². The molecule has 6 nitrogen and oxygen atoms in total. The van der Waals surface area contributed by atoms with Crippen LogP contribution in [-0.4, -0.2) is 73.9 Å². The number of sulfone groups is 1. The summed E-state index contributed by atoms with van der Waals surface area (Å²) in [5, 5.41) is 0. The Hall–Kier alpha value is -0.370. The summed E-state index contributed by atoms with van der Waals surface area (Å²) < 4.78 is 23.1. The van der Waals surface area contributed by atoms with Crippen molar-refractivity contribution in [3.63, 3.8) is 0 Å². The van der Waals surface area contributed by atoms with Gasteiger partial charge < -0.3 is 10.6 Å². The largest absolute Gasteiger partial charge is 0.338 e. The maximum atomic E-state index is 12.4. The third-order valence-corrected chi connectivity index (χ3v) is 5.96. The number of hydrogen-bond donors (Lipinski definition) is 1. The number of nitrogens with zero attached hydrogens (tertiary/aromatic N) is 2. The molecule has 2 N–H and O–H groups in total. The van der Waals surface area contributed by atoms with E-state index < -0.39 is 9.84 Å². The molecule has 2 rings (SSSR count). The summed E-state index contributed by atoms with van der Waals surface area (Å²) in [6, 6.07) is 0.00875. The molecule has 2 heterocycles. The summed E-state index contributed by atoms with van der Waals surface area (Å²) in [6.07, 6.45) is 2.61. The molecule has 124 valence electrons. The molecule has 2 aliphatic rings. The number of nitrogens with two attached hydrogens (primary N) is 1. The molecule has 2 fully saturated rings. The summed E-state index contributed by atoms with van der Waals surface area (Å²) in [7, 11) is -2.95. The van der Waals surface area contributed by atoms with E-state index in [1.54, 1.807) is 4.90 Å². The Bertz CT molecular complexity index is 458. The van der Waals surface area contributed by atoms with Crippen molar-refractivity contribution in [3.05, 3.63) is 0 Å². The molecule has 2 aliphatic heterocycles. The Morgan fingerprint density at radius 2 is 2.10 bits per heavy atom. The van der Waals surface area contributed by atoms with Gasteiger partial charge in [-0.2, -0.15) is 0 Å². The standard InChI is InChI=1S/C13H25N3O3S.ClH/c1-2-16(12-5-7-20(18,19)10-12)13(17)9-15-6-3-4-11(14)8-15;/h11-12H,2-10,14H2,1H3;1H/t11-,12?;/m1./s1. The molecule has 1 unspecified atom stereocenters. The molecule has 0 spiro atoms. The van der Waals surface area contributed by atoms with E-state index in [0.717, 1.165) is 25.9 Å². The van der Waals surface area contributed by atoms with Gasteiger partial charge in [0.1, 0.15) is 0 Å². The number of hydrogen-bond acceptors (Lipinski definition) is 5. The van der Waals surface area contributed by atoms with Crippen molar-refractivity contribution >= 4 is 28.2 Å². The summed E-state index contributed by atoms with van der Waals surface area (Å²) in [5.41, 5.74) is 5.92. The summed E-state index contributed by atoms with van der Waals surface area (Å²) in [6.45, 7) is 4.49. The van der Waals surface area contributed by atoms with E-state index >= 15 is 0 Å². The van der Waals surface area contributed by atoms with Crippen LogP contribution in [0.15, 0.2) is 0 Å². The van der Waals surface area contributed by atoms with Gasteiger partial charge in [-0.25, -0.2) is 8.42 Å². The summed E-state index contributed by atoms with van der Waals surface area (Å²) in [4.78, 5) is 16.2. The predicted molar refractivity (Wildman–Crippen MR) is 85.3 cm³/mol. The van der Waals surface area contributed by atoms with Gasteiger partial charge in [-0.1, -0.05) is 0 Å². The average Bonchev–Trinajstić information content (AvgIpc) is 2.70. The highest BCUT2D eigenvalue weighted by atomic mass is 35.5. The molecule has 2 saturated heterocycles. The highest BCUT2D eigenvalue weighted by molar-refractivity contribution is 7.91. The number of halogens is 1. The fraction of sp³-hybridized carbons (Fsp3) is 0.923. The van der Waals surface area contributed by atoms with Gasteiger partial charge in [-0.05, 0) is 32.7 Å². The molecule has 0 aromatic carbocycles. The van der Waals surface area contributed by atoms with Crippen LogP contribution < -0.4 is 5.73 Å². The van der Waals surface area contributed by atoms with Crippen molar-refractivity contribution in [1.82, 2.24) is 9.80 Å². The molecule has 1 amide bonds. The van der Waals surface area contributed by atoms with Gasteiger partial charge in [0.15, 0.2) is 9.84 Å². The average molecular weight is 340 g/mol. The first-order valence-electron chi connectivity index (χ1n) is 7.39. The molecule has 0 aromatic rings. The van der Waals surface area contributed by atoms with E-state index in [4.69, 9.17) is 5.73 Å². The Labute approximate surface area is 133 Å². The van der Waals surface area contributed by atoms with Crippen LogP contribution in [0.2, 0.25) is 0 Å². The monoisotopic (exact) mass is 339 g/mol. The van der Waals surface area contributed by atoms with Gasteiger partial charge in [-0.15, -0.1) is 12.4 Å². The molecular weight excluding hydrogens is 314 g/mol. The molecule has 0 bridgehead atoms. The molecular formula is C13H26ClN3O3S. The van der Waals surface area contributed by atoms with Crippen molar-refractivity contribution in [2.75, 3.05) is 37.7 Å². The van der Waals surface area contributed by atoms with Crippen LogP contribution in [0.3, 0.4) is 0 Å². The lowest BCUT2D eigenvalue weighted by molar-refractivity contribution is -0.134. The van der Waals surface area contributed by atoms with Gasteiger partial charge in [0.2, 0.25) is 5.91 Å². The quantitative estimate of drug-likeness (QED) is 0.771. The predicted octanol–water partition coefficient (Wildman–Crippen LogP) is -0.133. The van der Waals surface area contributed by atoms with Crippen LogP contribution in [0.4, 0.5) is 0 Å². The van der Waals surface area contributed by atoms with Crippen LogP contribution in [0, 0.1) is 0 Å². The first kappa shape index (κ1) is 18.7. The second-order valence-corrected chi connectivity index (χ2v) is 8.10. The van der Waals surface area contributed by atoms with E-state index in [2.05, 4.69) is 4.90 Å². The molecule has 8 heteroatoms. The summed E-state index contributed by atoms with van der Waals surface area (Å²) in [5.74, 6) is 0.353. The minimum atomic E-state index is -2.95. The number of carbonyl (C=O) groups is 1. The number of piperidine rings is 1. The molecule has 0 aromatic heterocycles. The Morgan fingerprint density at radius 1 is 1.38 bits per heavy atom. The maximum absolute atomic E-state index is 12.4. The lowest BCUT2D eigenvalue weighted by atomic mass is 10.1. The second-order valence-electron chi connectivity index (χ2n) is 5.87. The third-order valence-electron chi connectivity index (χ3n) is 4.21. The number of rotatable bonds is 4. The second kappa shape index (κ2) is 7.76. The highest BCUT2D eigenvalue weighted by Crippen LogP contribution is 2.18. The zero-order valence-electron chi connectivity index (χ0n) is 12.5. The van der Waals surface area contributed by atoms with Gasteiger partial charge >= 0.3 is 0 Å². The van der Waals surface area contributed by atoms with E-state index in [0.29, 0.717) is 19.5 Å². The van der Waals surface area contributed by atoms with Gasteiger partial charge in [-0.3, -0.25) is 9.69 Å². The molecule has 21 heavy (non-hydrogen) atoms. The first-order chi connectivity index (χ1) is 9.41. The highest BCUT2D eigenvalue weighted by Gasteiger charge is 2.34. The van der Waals surface area contributed by atoms with Crippen molar-refractivity contribution in [3.8, 4) is 0 Å². The van der Waals surface area contributed by atoms with E-state index in [9.17, 15) is 13.2 Å². The van der Waals surface area contributed by atoms with Crippen LogP contribution in [0.1, 0.15) is 26.2 Å². The Kier molecular flexibility index (Phi) is 6.90. The zero-order valence-corrected chi connectivity index (χ0v) is 14.2. The lowest BCUT2D eigenvalue weighted by Crippen LogP contribution is -2.50. The van der Waals surface area contributed by atoms with Gasteiger partial charge in [0.25, 0.3) is 0 Å². The van der Waals surface area contributed by atoms with Crippen LogP contribution in [0.25, 0.3) is 0 Å². The SMILES string of the molecule is CCN(C(=O)CN1CCC[C@@H](N)C1)C1CCS(=O)(=O)C1.Cl. The molecule has 0 saturated carbocycles.